The summed E-state index contributed by atoms with van der Waals surface area (Å²) < 4.78 is 41.3. The Kier molecular flexibility index (Phi) is 7.18. The van der Waals surface area contributed by atoms with E-state index in [9.17, 15) is 27.6 Å². The lowest BCUT2D eigenvalue weighted by atomic mass is 10.2. The fourth-order valence-electron chi connectivity index (χ4n) is 2.86. The van der Waals surface area contributed by atoms with Crippen molar-refractivity contribution >= 4 is 40.2 Å². The van der Waals surface area contributed by atoms with Gasteiger partial charge in [0.1, 0.15) is 0 Å². The molecule has 0 saturated heterocycles. The van der Waals surface area contributed by atoms with Gasteiger partial charge in [-0.25, -0.2) is 18.2 Å². The summed E-state index contributed by atoms with van der Waals surface area (Å²) in [6, 6.07) is 8.24. The zero-order valence-corrected chi connectivity index (χ0v) is 17.9. The summed E-state index contributed by atoms with van der Waals surface area (Å²) in [6.45, 7) is 3.13. The topological polar surface area (TPSA) is 93.1 Å². The number of nitrogens with one attached hydrogen (secondary N) is 2. The van der Waals surface area contributed by atoms with Crippen LogP contribution in [0, 0.1) is 17.5 Å². The summed E-state index contributed by atoms with van der Waals surface area (Å²) in [5, 5.41) is 5.22. The Labute approximate surface area is 185 Å². The van der Waals surface area contributed by atoms with Crippen LogP contribution in [-0.4, -0.2) is 33.7 Å². The molecule has 7 nitrogen and oxygen atoms in total. The first-order chi connectivity index (χ1) is 15.2. The summed E-state index contributed by atoms with van der Waals surface area (Å²) in [7, 11) is 0. The maximum Gasteiger partial charge on any atom is 0.262 e. The molecule has 3 aromatic rings. The Hall–Kier alpha value is -3.34. The fourth-order valence-corrected chi connectivity index (χ4v) is 3.82. The number of rotatable bonds is 7. The van der Waals surface area contributed by atoms with Gasteiger partial charge in [0.2, 0.25) is 11.8 Å². The number of benzene rings is 2. The van der Waals surface area contributed by atoms with E-state index < -0.39 is 41.5 Å². The Morgan fingerprint density at radius 3 is 2.50 bits per heavy atom. The summed E-state index contributed by atoms with van der Waals surface area (Å²) in [5.74, 6) is -6.11. The highest BCUT2D eigenvalue weighted by Gasteiger charge is 2.17. The van der Waals surface area contributed by atoms with Gasteiger partial charge in [-0.1, -0.05) is 23.9 Å². The van der Waals surface area contributed by atoms with Crippen LogP contribution in [0.3, 0.4) is 0 Å². The van der Waals surface area contributed by atoms with Gasteiger partial charge < -0.3 is 10.6 Å². The average Bonchev–Trinajstić information content (AvgIpc) is 2.76. The van der Waals surface area contributed by atoms with Crippen LogP contribution in [-0.2, 0) is 9.59 Å². The first-order valence-electron chi connectivity index (χ1n) is 9.53. The summed E-state index contributed by atoms with van der Waals surface area (Å²) in [6.07, 6.45) is 0. The molecule has 11 heteroatoms. The van der Waals surface area contributed by atoms with E-state index in [1.807, 2.05) is 13.8 Å². The predicted molar refractivity (Wildman–Crippen MR) is 115 cm³/mol. The minimum absolute atomic E-state index is 0.135. The Balaban J connectivity index is 1.62. The highest BCUT2D eigenvalue weighted by molar-refractivity contribution is 7.99. The molecule has 3 rings (SSSR count). The van der Waals surface area contributed by atoms with E-state index in [1.165, 1.54) is 4.57 Å². The number of amides is 2. The van der Waals surface area contributed by atoms with Crippen molar-refractivity contribution in [2.45, 2.75) is 25.0 Å². The lowest BCUT2D eigenvalue weighted by Gasteiger charge is -2.16. The van der Waals surface area contributed by atoms with E-state index in [-0.39, 0.29) is 17.4 Å². The van der Waals surface area contributed by atoms with Crippen molar-refractivity contribution in [1.82, 2.24) is 14.9 Å². The van der Waals surface area contributed by atoms with E-state index in [4.69, 9.17) is 0 Å². The standard InChI is InChI=1S/C21H19F3N4O3S/c1-11(2)28-20(31)12-5-3-4-6-14(12)27-21(28)32-10-17(30)25-9-16(29)26-15-8-7-13(22)18(23)19(15)24/h3-8,11H,9-10H2,1-2H3,(H,25,30)(H,26,29). The molecule has 2 N–H and O–H groups in total. The van der Waals surface area contributed by atoms with Gasteiger partial charge in [0.15, 0.2) is 22.6 Å². The molecule has 0 aliphatic carbocycles. The van der Waals surface area contributed by atoms with Crippen LogP contribution in [0.1, 0.15) is 19.9 Å². The van der Waals surface area contributed by atoms with Crippen molar-refractivity contribution in [2.24, 2.45) is 0 Å². The summed E-state index contributed by atoms with van der Waals surface area (Å²) in [5.41, 5.74) is -0.259. The minimum atomic E-state index is -1.71. The molecule has 2 amide bonds. The second-order valence-corrected chi connectivity index (χ2v) is 7.96. The maximum absolute atomic E-state index is 13.6. The summed E-state index contributed by atoms with van der Waals surface area (Å²) >= 11 is 1.03. The molecule has 1 aromatic heterocycles. The van der Waals surface area contributed by atoms with Crippen LogP contribution in [0.5, 0.6) is 0 Å². The molecule has 0 atom stereocenters. The molecule has 0 fully saturated rings. The lowest BCUT2D eigenvalue weighted by molar-refractivity contribution is -0.122. The third-order valence-electron chi connectivity index (χ3n) is 4.38. The molecule has 0 aliphatic rings. The number of fused-ring (bicyclic) bond motifs is 1. The smallest absolute Gasteiger partial charge is 0.262 e. The van der Waals surface area contributed by atoms with Crippen LogP contribution in [0.4, 0.5) is 18.9 Å². The highest BCUT2D eigenvalue weighted by atomic mass is 32.2. The van der Waals surface area contributed by atoms with Crippen LogP contribution in [0.15, 0.2) is 46.3 Å². The zero-order valence-electron chi connectivity index (χ0n) is 17.1. The SMILES string of the molecule is CC(C)n1c(SCC(=O)NCC(=O)Nc2ccc(F)c(F)c2F)nc2ccccc2c1=O. The number of hydrogen-bond donors (Lipinski definition) is 2. The van der Waals surface area contributed by atoms with E-state index in [1.54, 1.807) is 24.3 Å². The largest absolute Gasteiger partial charge is 0.346 e. The van der Waals surface area contributed by atoms with E-state index in [2.05, 4.69) is 15.6 Å². The van der Waals surface area contributed by atoms with Gasteiger partial charge >= 0.3 is 0 Å². The van der Waals surface area contributed by atoms with E-state index in [0.29, 0.717) is 22.1 Å². The first kappa shape index (κ1) is 23.3. The van der Waals surface area contributed by atoms with Gasteiger partial charge in [-0.2, -0.15) is 0 Å². The van der Waals surface area contributed by atoms with Gasteiger partial charge in [0.25, 0.3) is 5.56 Å². The lowest BCUT2D eigenvalue weighted by Crippen LogP contribution is -2.34. The van der Waals surface area contributed by atoms with E-state index in [0.717, 1.165) is 17.8 Å². The molecular formula is C21H19F3N4O3S. The number of para-hydroxylation sites is 1. The van der Waals surface area contributed by atoms with Crippen LogP contribution < -0.4 is 16.2 Å². The molecule has 1 heterocycles. The Morgan fingerprint density at radius 1 is 1.06 bits per heavy atom. The first-order valence-corrected chi connectivity index (χ1v) is 10.5. The number of carbonyl (C=O) groups is 2. The minimum Gasteiger partial charge on any atom is -0.346 e. The molecule has 0 bridgehead atoms. The summed E-state index contributed by atoms with van der Waals surface area (Å²) in [4.78, 5) is 41.3. The Bertz CT molecular complexity index is 1250. The number of halogens is 3. The second-order valence-electron chi connectivity index (χ2n) is 7.02. The molecule has 0 unspecified atom stereocenters. The molecule has 2 aromatic carbocycles. The van der Waals surface area contributed by atoms with Crippen molar-refractivity contribution in [2.75, 3.05) is 17.6 Å². The monoisotopic (exact) mass is 464 g/mol. The third-order valence-corrected chi connectivity index (χ3v) is 5.33. The second kappa shape index (κ2) is 9.86. The van der Waals surface area contributed by atoms with Crippen molar-refractivity contribution < 1.29 is 22.8 Å². The maximum atomic E-state index is 13.6. The molecule has 0 aliphatic heterocycles. The van der Waals surface area contributed by atoms with Gasteiger partial charge in [-0.15, -0.1) is 0 Å². The number of carbonyl (C=O) groups excluding carboxylic acids is 2. The number of anilines is 1. The van der Waals surface area contributed by atoms with Gasteiger partial charge in [-0.3, -0.25) is 19.0 Å². The number of thioether (sulfide) groups is 1. The molecule has 0 spiro atoms. The highest BCUT2D eigenvalue weighted by Crippen LogP contribution is 2.21. The van der Waals surface area contributed by atoms with Crippen molar-refractivity contribution in [3.05, 3.63) is 64.2 Å². The van der Waals surface area contributed by atoms with Crippen molar-refractivity contribution in [1.29, 1.82) is 0 Å². The molecule has 0 radical (unpaired) electrons. The zero-order chi connectivity index (χ0) is 23.4. The number of nitrogens with zero attached hydrogens (tertiary/aromatic N) is 2. The van der Waals surface area contributed by atoms with Gasteiger partial charge in [0, 0.05) is 6.04 Å². The number of aromatic nitrogens is 2. The molecule has 0 saturated carbocycles. The number of hydrogen-bond acceptors (Lipinski definition) is 5. The third kappa shape index (κ3) is 5.10. The quantitative estimate of drug-likeness (QED) is 0.318. The van der Waals surface area contributed by atoms with E-state index >= 15 is 0 Å². The predicted octanol–water partition coefficient (Wildman–Crippen LogP) is 3.24. The molecular weight excluding hydrogens is 445 g/mol. The Morgan fingerprint density at radius 2 is 1.78 bits per heavy atom. The van der Waals surface area contributed by atoms with Gasteiger partial charge in [-0.05, 0) is 38.1 Å². The van der Waals surface area contributed by atoms with Crippen LogP contribution >= 0.6 is 11.8 Å². The average molecular weight is 464 g/mol. The fraction of sp³-hybridized carbons (Fsp3) is 0.238. The molecule has 168 valence electrons. The van der Waals surface area contributed by atoms with Gasteiger partial charge in [0.05, 0.1) is 28.9 Å². The molecule has 32 heavy (non-hydrogen) atoms. The van der Waals surface area contributed by atoms with Crippen molar-refractivity contribution in [3.8, 4) is 0 Å². The van der Waals surface area contributed by atoms with Crippen LogP contribution in [0.25, 0.3) is 10.9 Å². The van der Waals surface area contributed by atoms with Crippen LogP contribution in [0.2, 0.25) is 0 Å². The van der Waals surface area contributed by atoms with Crippen molar-refractivity contribution in [3.63, 3.8) is 0 Å². The normalized spacial score (nSPS) is 11.1.